The number of nitrogens with zero attached hydrogens (tertiary/aromatic N) is 5. The highest BCUT2D eigenvalue weighted by Crippen LogP contribution is 2.16. The van der Waals surface area contributed by atoms with Crippen LogP contribution >= 0.6 is 0 Å². The predicted molar refractivity (Wildman–Crippen MR) is 127 cm³/mol. The maximum atomic E-state index is 12.6. The van der Waals surface area contributed by atoms with E-state index in [1.807, 2.05) is 51.1 Å². The zero-order chi connectivity index (χ0) is 23.4. The lowest BCUT2D eigenvalue weighted by atomic mass is 10.1. The lowest BCUT2D eigenvalue weighted by Crippen LogP contribution is -2.23. The summed E-state index contributed by atoms with van der Waals surface area (Å²) in [7, 11) is 0. The molecule has 33 heavy (non-hydrogen) atoms. The van der Waals surface area contributed by atoms with Gasteiger partial charge in [0.1, 0.15) is 11.6 Å². The van der Waals surface area contributed by atoms with E-state index in [0.29, 0.717) is 30.3 Å². The van der Waals surface area contributed by atoms with Gasteiger partial charge in [0, 0.05) is 30.3 Å². The molecular formula is C24H26N8O. The maximum absolute atomic E-state index is 12.6. The van der Waals surface area contributed by atoms with Crippen LogP contribution in [0.5, 0.6) is 0 Å². The van der Waals surface area contributed by atoms with Crippen LogP contribution in [0.15, 0.2) is 55.1 Å². The van der Waals surface area contributed by atoms with Crippen molar-refractivity contribution in [2.24, 2.45) is 0 Å². The average Bonchev–Trinajstić information content (AvgIpc) is 3.23. The molecule has 9 heteroatoms. The summed E-state index contributed by atoms with van der Waals surface area (Å²) in [5.41, 5.74) is 11.9. The van der Waals surface area contributed by atoms with Gasteiger partial charge in [-0.3, -0.25) is 14.5 Å². The van der Waals surface area contributed by atoms with Crippen molar-refractivity contribution in [3.63, 3.8) is 0 Å². The number of pyridine rings is 1. The number of nitrogen functional groups attached to an aromatic ring is 1. The number of benzene rings is 1. The number of rotatable bonds is 7. The van der Waals surface area contributed by atoms with Gasteiger partial charge >= 0.3 is 0 Å². The Kier molecular flexibility index (Phi) is 6.30. The van der Waals surface area contributed by atoms with Crippen LogP contribution in [0.25, 0.3) is 0 Å². The Morgan fingerprint density at radius 3 is 2.58 bits per heavy atom. The monoisotopic (exact) mass is 442 g/mol. The van der Waals surface area contributed by atoms with E-state index in [1.165, 1.54) is 0 Å². The van der Waals surface area contributed by atoms with Crippen molar-refractivity contribution in [3.8, 4) is 0 Å². The van der Waals surface area contributed by atoms with E-state index in [4.69, 9.17) is 5.73 Å². The minimum atomic E-state index is -0.185. The molecule has 0 atom stereocenters. The first-order valence-corrected chi connectivity index (χ1v) is 10.6. The Bertz CT molecular complexity index is 1260. The molecule has 1 amide bonds. The number of nitrogens with one attached hydrogen (secondary N) is 2. The summed E-state index contributed by atoms with van der Waals surface area (Å²) >= 11 is 0. The third-order valence-electron chi connectivity index (χ3n) is 5.22. The van der Waals surface area contributed by atoms with Crippen LogP contribution in [0.3, 0.4) is 0 Å². The van der Waals surface area contributed by atoms with Crippen LogP contribution in [0.1, 0.15) is 38.4 Å². The molecule has 0 bridgehead atoms. The molecule has 0 fully saturated rings. The fraction of sp³-hybridized carbons (Fsp3) is 0.208. The van der Waals surface area contributed by atoms with E-state index >= 15 is 0 Å². The molecule has 0 saturated carbocycles. The van der Waals surface area contributed by atoms with Crippen LogP contribution in [0.2, 0.25) is 0 Å². The predicted octanol–water partition coefficient (Wildman–Crippen LogP) is 3.30. The summed E-state index contributed by atoms with van der Waals surface area (Å²) in [6.07, 6.45) is 6.71. The van der Waals surface area contributed by atoms with Gasteiger partial charge in [-0.15, -0.1) is 0 Å². The number of aromatic nitrogens is 5. The Hall–Kier alpha value is -4.27. The molecule has 4 rings (SSSR count). The topological polar surface area (TPSA) is 124 Å². The molecule has 0 aliphatic heterocycles. The van der Waals surface area contributed by atoms with Crippen LogP contribution in [-0.4, -0.2) is 30.6 Å². The first-order valence-electron chi connectivity index (χ1n) is 10.6. The van der Waals surface area contributed by atoms with Crippen LogP contribution in [0.4, 0.5) is 17.3 Å². The standard InChI is InChI=1S/C24H26N8O/c1-15-8-22(25)30-17(3)21(15)11-27-24(33)19-10-28-32(14-19)13-18-4-6-20(7-5-18)31-23-12-26-9-16(2)29-23/h4-10,12,14H,11,13H2,1-3H3,(H2,25,30)(H,27,33)(H,29,31). The van der Waals surface area contributed by atoms with Gasteiger partial charge in [-0.25, -0.2) is 9.97 Å². The quantitative estimate of drug-likeness (QED) is 0.401. The van der Waals surface area contributed by atoms with Crippen molar-refractivity contribution >= 4 is 23.2 Å². The average molecular weight is 443 g/mol. The second-order valence-electron chi connectivity index (χ2n) is 7.90. The fourth-order valence-corrected chi connectivity index (χ4v) is 3.55. The second-order valence-corrected chi connectivity index (χ2v) is 7.90. The van der Waals surface area contributed by atoms with Gasteiger partial charge in [0.25, 0.3) is 5.91 Å². The molecule has 0 radical (unpaired) electrons. The van der Waals surface area contributed by atoms with Crippen LogP contribution in [0, 0.1) is 20.8 Å². The Morgan fingerprint density at radius 2 is 1.85 bits per heavy atom. The number of carbonyl (C=O) groups excluding carboxylic acids is 1. The van der Waals surface area contributed by atoms with Gasteiger partial charge in [0.15, 0.2) is 0 Å². The molecule has 0 aliphatic carbocycles. The first-order chi connectivity index (χ1) is 15.9. The van der Waals surface area contributed by atoms with E-state index in [1.54, 1.807) is 29.5 Å². The number of nitrogens with two attached hydrogens (primary N) is 1. The first kappa shape index (κ1) is 21.9. The summed E-state index contributed by atoms with van der Waals surface area (Å²) < 4.78 is 1.74. The number of amides is 1. The highest BCUT2D eigenvalue weighted by Gasteiger charge is 2.11. The number of aryl methyl sites for hydroxylation is 3. The molecule has 0 spiro atoms. The molecule has 168 valence electrons. The zero-order valence-electron chi connectivity index (χ0n) is 18.8. The largest absolute Gasteiger partial charge is 0.384 e. The molecule has 3 aromatic heterocycles. The lowest BCUT2D eigenvalue weighted by molar-refractivity contribution is 0.0950. The van der Waals surface area contributed by atoms with E-state index in [2.05, 4.69) is 30.7 Å². The lowest BCUT2D eigenvalue weighted by Gasteiger charge is -2.11. The molecule has 0 saturated heterocycles. The zero-order valence-corrected chi connectivity index (χ0v) is 18.8. The van der Waals surface area contributed by atoms with Crippen LogP contribution in [-0.2, 0) is 13.1 Å². The third-order valence-corrected chi connectivity index (χ3v) is 5.22. The molecule has 1 aromatic carbocycles. The van der Waals surface area contributed by atoms with E-state index in [-0.39, 0.29) is 5.91 Å². The summed E-state index contributed by atoms with van der Waals surface area (Å²) in [6.45, 7) is 6.68. The number of anilines is 3. The SMILES string of the molecule is Cc1cncc(Nc2ccc(Cn3cc(C(=O)NCc4c(C)cc(N)nc4C)cn3)cc2)n1. The minimum absolute atomic E-state index is 0.185. The Morgan fingerprint density at radius 1 is 1.06 bits per heavy atom. The highest BCUT2D eigenvalue weighted by molar-refractivity contribution is 5.93. The number of hydrogen-bond donors (Lipinski definition) is 3. The summed E-state index contributed by atoms with van der Waals surface area (Å²) in [5.74, 6) is 0.996. The maximum Gasteiger partial charge on any atom is 0.254 e. The van der Waals surface area contributed by atoms with E-state index < -0.39 is 0 Å². The van der Waals surface area contributed by atoms with Gasteiger partial charge in [0.05, 0.1) is 30.2 Å². The summed E-state index contributed by atoms with van der Waals surface area (Å²) in [6, 6.07) is 9.77. The van der Waals surface area contributed by atoms with Gasteiger partial charge < -0.3 is 16.4 Å². The van der Waals surface area contributed by atoms with Gasteiger partial charge in [-0.1, -0.05) is 12.1 Å². The molecule has 4 aromatic rings. The van der Waals surface area contributed by atoms with Crippen molar-refractivity contribution in [2.75, 3.05) is 11.1 Å². The number of hydrogen-bond acceptors (Lipinski definition) is 7. The normalized spacial score (nSPS) is 10.8. The number of carbonyl (C=O) groups is 1. The van der Waals surface area contributed by atoms with E-state index in [9.17, 15) is 4.79 Å². The van der Waals surface area contributed by atoms with Crippen molar-refractivity contribution in [1.82, 2.24) is 30.0 Å². The highest BCUT2D eigenvalue weighted by atomic mass is 16.1. The van der Waals surface area contributed by atoms with Crippen molar-refractivity contribution in [1.29, 1.82) is 0 Å². The molecule has 4 N–H and O–H groups in total. The molecular weight excluding hydrogens is 416 g/mol. The van der Waals surface area contributed by atoms with Crippen molar-refractivity contribution < 1.29 is 4.79 Å². The molecule has 3 heterocycles. The van der Waals surface area contributed by atoms with E-state index in [0.717, 1.165) is 33.8 Å². The third kappa shape index (κ3) is 5.51. The summed E-state index contributed by atoms with van der Waals surface area (Å²) in [4.78, 5) is 25.4. The van der Waals surface area contributed by atoms with Gasteiger partial charge in [-0.05, 0) is 55.7 Å². The molecule has 9 nitrogen and oxygen atoms in total. The minimum Gasteiger partial charge on any atom is -0.384 e. The van der Waals surface area contributed by atoms with Crippen molar-refractivity contribution in [2.45, 2.75) is 33.9 Å². The Labute approximate surface area is 192 Å². The summed E-state index contributed by atoms with van der Waals surface area (Å²) in [5, 5.41) is 10.5. The van der Waals surface area contributed by atoms with Gasteiger partial charge in [-0.2, -0.15) is 5.10 Å². The molecule has 0 unspecified atom stereocenters. The second kappa shape index (κ2) is 9.47. The van der Waals surface area contributed by atoms with Crippen LogP contribution < -0.4 is 16.4 Å². The fourth-order valence-electron chi connectivity index (χ4n) is 3.55. The van der Waals surface area contributed by atoms with Gasteiger partial charge in [0.2, 0.25) is 0 Å². The molecule has 0 aliphatic rings. The van der Waals surface area contributed by atoms with Crippen molar-refractivity contribution in [3.05, 3.63) is 88.8 Å². The smallest absolute Gasteiger partial charge is 0.254 e. The Balaban J connectivity index is 1.35.